The molecule has 2 heterocycles. The molecular weight excluding hydrogens is 372 g/mol. The molecule has 4 aromatic rings. The van der Waals surface area contributed by atoms with Crippen LogP contribution in [0.15, 0.2) is 51.8 Å². The minimum absolute atomic E-state index is 0.111. The highest BCUT2D eigenvalue weighted by Gasteiger charge is 2.19. The van der Waals surface area contributed by atoms with E-state index >= 15 is 0 Å². The fraction of sp³-hybridized carbons (Fsp3) is 0.182. The lowest BCUT2D eigenvalue weighted by Gasteiger charge is -2.13. The number of hydrogen-bond donors (Lipinski definition) is 2. The van der Waals surface area contributed by atoms with Gasteiger partial charge in [0.25, 0.3) is 0 Å². The van der Waals surface area contributed by atoms with Crippen LogP contribution in [0.5, 0.6) is 11.5 Å². The summed E-state index contributed by atoms with van der Waals surface area (Å²) in [6, 6.07) is 10.8. The second kappa shape index (κ2) is 7.35. The minimum atomic E-state index is -0.555. The first-order valence-corrected chi connectivity index (χ1v) is 9.06. The minimum Gasteiger partial charge on any atom is -0.496 e. The van der Waals surface area contributed by atoms with Crippen molar-refractivity contribution in [2.24, 2.45) is 0 Å². The summed E-state index contributed by atoms with van der Waals surface area (Å²) in [5, 5.41) is 4.42. The van der Waals surface area contributed by atoms with E-state index in [1.165, 1.54) is 14.2 Å². The standard InChI is InChI=1S/C22H20N2O5/c1-12-15(11-20(25)24-17-6-4-5-16-14(17)7-8-23-16)22(26)29-19-10-13(27-2)9-18(28-3)21(12)19/h4-10,23H,11H2,1-3H3,(H,24,25). The van der Waals surface area contributed by atoms with E-state index < -0.39 is 5.63 Å². The van der Waals surface area contributed by atoms with Gasteiger partial charge in [0.2, 0.25) is 5.91 Å². The summed E-state index contributed by atoms with van der Waals surface area (Å²) in [6.45, 7) is 1.78. The summed E-state index contributed by atoms with van der Waals surface area (Å²) in [7, 11) is 3.05. The summed E-state index contributed by atoms with van der Waals surface area (Å²) in [6.07, 6.45) is 1.70. The van der Waals surface area contributed by atoms with Crippen molar-refractivity contribution in [1.82, 2.24) is 4.98 Å². The van der Waals surface area contributed by atoms with Gasteiger partial charge in [-0.3, -0.25) is 4.79 Å². The van der Waals surface area contributed by atoms with Crippen molar-refractivity contribution in [2.75, 3.05) is 19.5 Å². The highest BCUT2D eigenvalue weighted by Crippen LogP contribution is 2.34. The second-order valence-corrected chi connectivity index (χ2v) is 6.67. The molecule has 0 aliphatic rings. The zero-order chi connectivity index (χ0) is 20.5. The fourth-order valence-electron chi connectivity index (χ4n) is 3.51. The van der Waals surface area contributed by atoms with Crippen molar-refractivity contribution in [3.63, 3.8) is 0 Å². The number of anilines is 1. The van der Waals surface area contributed by atoms with E-state index in [1.807, 2.05) is 30.5 Å². The number of aryl methyl sites for hydroxylation is 1. The van der Waals surface area contributed by atoms with Crippen LogP contribution in [-0.4, -0.2) is 25.1 Å². The van der Waals surface area contributed by atoms with Gasteiger partial charge in [-0.2, -0.15) is 0 Å². The molecule has 4 rings (SSSR count). The van der Waals surface area contributed by atoms with Gasteiger partial charge in [-0.05, 0) is 30.7 Å². The Hall–Kier alpha value is -3.74. The molecule has 2 aromatic carbocycles. The molecule has 29 heavy (non-hydrogen) atoms. The molecule has 148 valence electrons. The van der Waals surface area contributed by atoms with Crippen molar-refractivity contribution in [1.29, 1.82) is 0 Å². The molecule has 0 aliphatic carbocycles. The number of aromatic nitrogens is 1. The first-order chi connectivity index (χ1) is 14.0. The first kappa shape index (κ1) is 18.6. The van der Waals surface area contributed by atoms with Crippen LogP contribution in [0.25, 0.3) is 21.9 Å². The van der Waals surface area contributed by atoms with Crippen molar-refractivity contribution in [2.45, 2.75) is 13.3 Å². The summed E-state index contributed by atoms with van der Waals surface area (Å²) in [4.78, 5) is 28.4. The predicted molar refractivity (Wildman–Crippen MR) is 111 cm³/mol. The Balaban J connectivity index is 1.71. The average Bonchev–Trinajstić information content (AvgIpc) is 3.20. The molecule has 0 unspecified atom stereocenters. The van der Waals surface area contributed by atoms with E-state index in [-0.39, 0.29) is 12.3 Å². The Morgan fingerprint density at radius 1 is 1.17 bits per heavy atom. The van der Waals surface area contributed by atoms with Crippen LogP contribution >= 0.6 is 0 Å². The molecule has 0 atom stereocenters. The molecule has 0 radical (unpaired) electrons. The first-order valence-electron chi connectivity index (χ1n) is 9.06. The highest BCUT2D eigenvalue weighted by atomic mass is 16.5. The Morgan fingerprint density at radius 3 is 2.76 bits per heavy atom. The number of amides is 1. The molecule has 0 bridgehead atoms. The van der Waals surface area contributed by atoms with Crippen LogP contribution in [0, 0.1) is 6.92 Å². The third kappa shape index (κ3) is 3.31. The maximum Gasteiger partial charge on any atom is 0.340 e. The Morgan fingerprint density at radius 2 is 2.00 bits per heavy atom. The van der Waals surface area contributed by atoms with Gasteiger partial charge >= 0.3 is 5.63 Å². The van der Waals surface area contributed by atoms with Crippen molar-refractivity contribution < 1.29 is 18.7 Å². The maximum atomic E-state index is 12.7. The van der Waals surface area contributed by atoms with Gasteiger partial charge in [0.05, 0.1) is 37.3 Å². The number of fused-ring (bicyclic) bond motifs is 2. The van der Waals surface area contributed by atoms with Crippen LogP contribution in [-0.2, 0) is 11.2 Å². The molecule has 2 N–H and O–H groups in total. The average molecular weight is 392 g/mol. The van der Waals surface area contributed by atoms with Gasteiger partial charge in [0.1, 0.15) is 17.1 Å². The Bertz CT molecular complexity index is 1290. The molecule has 7 heteroatoms. The topological polar surface area (TPSA) is 93.6 Å². The SMILES string of the molecule is COc1cc(OC)c2c(C)c(CC(=O)Nc3cccc4[nH]ccc34)c(=O)oc2c1. The Kier molecular flexibility index (Phi) is 4.72. The number of ether oxygens (including phenoxy) is 2. The molecule has 0 saturated carbocycles. The number of benzene rings is 2. The van der Waals surface area contributed by atoms with E-state index in [2.05, 4.69) is 10.3 Å². The van der Waals surface area contributed by atoms with Crippen LogP contribution in [0.1, 0.15) is 11.1 Å². The summed E-state index contributed by atoms with van der Waals surface area (Å²) >= 11 is 0. The van der Waals surface area contributed by atoms with Crippen molar-refractivity contribution in [3.8, 4) is 11.5 Å². The lowest BCUT2D eigenvalue weighted by molar-refractivity contribution is -0.115. The molecule has 0 saturated heterocycles. The van der Waals surface area contributed by atoms with E-state index in [9.17, 15) is 9.59 Å². The monoisotopic (exact) mass is 392 g/mol. The number of rotatable bonds is 5. The van der Waals surface area contributed by atoms with Crippen molar-refractivity contribution >= 4 is 33.5 Å². The van der Waals surface area contributed by atoms with Crippen LogP contribution in [0.4, 0.5) is 5.69 Å². The van der Waals surface area contributed by atoms with Gasteiger partial charge in [-0.25, -0.2) is 4.79 Å². The molecule has 2 aromatic heterocycles. The molecule has 0 spiro atoms. The second-order valence-electron chi connectivity index (χ2n) is 6.67. The quantitative estimate of drug-likeness (QED) is 0.504. The molecule has 1 amide bonds. The molecule has 7 nitrogen and oxygen atoms in total. The summed E-state index contributed by atoms with van der Waals surface area (Å²) in [5.41, 5.74) is 2.33. The predicted octanol–water partition coefficient (Wildman–Crippen LogP) is 3.78. The fourth-order valence-corrected chi connectivity index (χ4v) is 3.51. The molecular formula is C22H20N2O5. The largest absolute Gasteiger partial charge is 0.496 e. The number of carbonyl (C=O) groups is 1. The van der Waals surface area contributed by atoms with Gasteiger partial charge in [-0.1, -0.05) is 6.07 Å². The van der Waals surface area contributed by atoms with Crippen LogP contribution < -0.4 is 20.4 Å². The maximum absolute atomic E-state index is 12.7. The zero-order valence-corrected chi connectivity index (χ0v) is 16.3. The number of methoxy groups -OCH3 is 2. The zero-order valence-electron chi connectivity index (χ0n) is 16.3. The van der Waals surface area contributed by atoms with Gasteiger partial charge in [0, 0.05) is 29.2 Å². The van der Waals surface area contributed by atoms with Gasteiger partial charge in [-0.15, -0.1) is 0 Å². The number of hydrogen-bond acceptors (Lipinski definition) is 5. The van der Waals surface area contributed by atoms with E-state index in [0.29, 0.717) is 39.3 Å². The van der Waals surface area contributed by atoms with E-state index in [4.69, 9.17) is 13.9 Å². The molecule has 0 aliphatic heterocycles. The number of H-pyrrole nitrogens is 1. The van der Waals surface area contributed by atoms with Crippen LogP contribution in [0.3, 0.4) is 0 Å². The number of aromatic amines is 1. The third-order valence-electron chi connectivity index (χ3n) is 4.98. The Labute approximate surface area is 166 Å². The van der Waals surface area contributed by atoms with E-state index in [0.717, 1.165) is 10.9 Å². The number of nitrogens with one attached hydrogen (secondary N) is 2. The molecule has 0 fully saturated rings. The highest BCUT2D eigenvalue weighted by molar-refractivity contribution is 6.02. The lowest BCUT2D eigenvalue weighted by atomic mass is 10.0. The van der Waals surface area contributed by atoms with Crippen molar-refractivity contribution in [3.05, 3.63) is 64.1 Å². The van der Waals surface area contributed by atoms with Crippen LogP contribution in [0.2, 0.25) is 0 Å². The smallest absolute Gasteiger partial charge is 0.340 e. The normalized spacial score (nSPS) is 11.0. The third-order valence-corrected chi connectivity index (χ3v) is 4.98. The summed E-state index contributed by atoms with van der Waals surface area (Å²) < 4.78 is 16.1. The summed E-state index contributed by atoms with van der Waals surface area (Å²) in [5.74, 6) is 0.724. The van der Waals surface area contributed by atoms with Gasteiger partial charge < -0.3 is 24.2 Å². The lowest BCUT2D eigenvalue weighted by Crippen LogP contribution is -2.20. The number of carbonyl (C=O) groups excluding carboxylic acids is 1. The van der Waals surface area contributed by atoms with E-state index in [1.54, 1.807) is 19.1 Å². The van der Waals surface area contributed by atoms with Gasteiger partial charge in [0.15, 0.2) is 0 Å².